The Labute approximate surface area is 126 Å². The lowest BCUT2D eigenvalue weighted by atomic mass is 10.1. The van der Waals surface area contributed by atoms with Crippen molar-refractivity contribution in [1.82, 2.24) is 9.80 Å². The van der Waals surface area contributed by atoms with Crippen LogP contribution in [0.25, 0.3) is 0 Å². The van der Waals surface area contributed by atoms with Crippen molar-refractivity contribution in [2.24, 2.45) is 0 Å². The summed E-state index contributed by atoms with van der Waals surface area (Å²) in [5.41, 5.74) is -0.390. The number of nitrogens with zero attached hydrogens (tertiary/aromatic N) is 2. The van der Waals surface area contributed by atoms with Gasteiger partial charge in [0.15, 0.2) is 0 Å². The monoisotopic (exact) mass is 304 g/mol. The van der Waals surface area contributed by atoms with Crippen LogP contribution in [-0.2, 0) is 4.79 Å². The Morgan fingerprint density at radius 2 is 1.85 bits per heavy atom. The number of carbonyl (C=O) groups is 2. The number of thioether (sulfide) groups is 1. The number of hydrogen-bond donors (Lipinski definition) is 1. The first-order chi connectivity index (χ1) is 9.15. The lowest BCUT2D eigenvalue weighted by Crippen LogP contribution is -2.54. The number of amides is 2. The molecule has 1 unspecified atom stereocenters. The predicted octanol–water partition coefficient (Wildman–Crippen LogP) is 2.76. The normalized spacial score (nSPS) is 12.9. The Kier molecular flexibility index (Phi) is 8.01. The highest BCUT2D eigenvalue weighted by molar-refractivity contribution is 7.98. The Hall–Kier alpha value is -0.910. The molecule has 0 saturated carbocycles. The molecule has 1 N–H and O–H groups in total. The maximum Gasteiger partial charge on any atom is 0.320 e. The van der Waals surface area contributed by atoms with E-state index in [0.717, 1.165) is 12.2 Å². The van der Waals surface area contributed by atoms with Crippen LogP contribution in [0.4, 0.5) is 4.79 Å². The molecule has 0 aromatic rings. The van der Waals surface area contributed by atoms with Crippen molar-refractivity contribution < 1.29 is 14.7 Å². The van der Waals surface area contributed by atoms with Crippen molar-refractivity contribution in [2.75, 3.05) is 25.6 Å². The summed E-state index contributed by atoms with van der Waals surface area (Å²) in [4.78, 5) is 26.8. The first-order valence-electron chi connectivity index (χ1n) is 6.90. The first-order valence-corrected chi connectivity index (χ1v) is 8.29. The van der Waals surface area contributed by atoms with Gasteiger partial charge in [0, 0.05) is 30.9 Å². The highest BCUT2D eigenvalue weighted by Crippen LogP contribution is 2.19. The van der Waals surface area contributed by atoms with Crippen LogP contribution in [0.3, 0.4) is 0 Å². The van der Waals surface area contributed by atoms with Crippen molar-refractivity contribution in [2.45, 2.75) is 52.1 Å². The molecule has 0 aliphatic carbocycles. The zero-order chi connectivity index (χ0) is 15.9. The summed E-state index contributed by atoms with van der Waals surface area (Å²) in [7, 11) is 1.80. The highest BCUT2D eigenvalue weighted by Gasteiger charge is 2.31. The van der Waals surface area contributed by atoms with Crippen LogP contribution in [0, 0.1) is 0 Å². The molecule has 2 amide bonds. The van der Waals surface area contributed by atoms with Crippen LogP contribution in [0.2, 0.25) is 0 Å². The van der Waals surface area contributed by atoms with Gasteiger partial charge in [0.1, 0.15) is 0 Å². The summed E-state index contributed by atoms with van der Waals surface area (Å²) in [6.45, 7) is 8.07. The van der Waals surface area contributed by atoms with Gasteiger partial charge < -0.3 is 14.9 Å². The molecule has 5 nitrogen and oxygen atoms in total. The average Bonchev–Trinajstić information content (AvgIpc) is 2.33. The minimum atomic E-state index is -0.883. The third-order valence-corrected chi connectivity index (χ3v) is 3.99. The molecule has 0 saturated heterocycles. The van der Waals surface area contributed by atoms with Crippen LogP contribution in [0.1, 0.15) is 40.5 Å². The third kappa shape index (κ3) is 6.03. The number of urea groups is 1. The van der Waals surface area contributed by atoms with Gasteiger partial charge in [-0.2, -0.15) is 11.8 Å². The van der Waals surface area contributed by atoms with Crippen molar-refractivity contribution in [3.05, 3.63) is 0 Å². The number of aliphatic carboxylic acids is 1. The molecule has 6 heteroatoms. The second-order valence-electron chi connectivity index (χ2n) is 5.88. The first kappa shape index (κ1) is 19.1. The van der Waals surface area contributed by atoms with Crippen LogP contribution >= 0.6 is 11.8 Å². The molecule has 20 heavy (non-hydrogen) atoms. The van der Waals surface area contributed by atoms with E-state index in [1.165, 1.54) is 0 Å². The molecule has 0 bridgehead atoms. The Bertz CT molecular complexity index is 329. The molecule has 0 fully saturated rings. The molecular weight excluding hydrogens is 276 g/mol. The fourth-order valence-corrected chi connectivity index (χ4v) is 2.81. The second-order valence-corrected chi connectivity index (χ2v) is 6.79. The van der Waals surface area contributed by atoms with E-state index in [2.05, 4.69) is 6.92 Å². The van der Waals surface area contributed by atoms with Gasteiger partial charge in [-0.3, -0.25) is 4.79 Å². The molecule has 0 aliphatic heterocycles. The number of carbonyl (C=O) groups excluding carboxylic acids is 1. The van der Waals surface area contributed by atoms with Gasteiger partial charge in [0.05, 0.1) is 6.42 Å². The standard InChI is InChI=1S/C14H28N2O3S/c1-7-11(10-20-6)15(5)13(19)16(14(2,3)4)9-8-12(17)18/h11H,7-10H2,1-6H3,(H,17,18). The minimum absolute atomic E-state index is 0.0316. The van der Waals surface area contributed by atoms with Crippen molar-refractivity contribution >= 4 is 23.8 Å². The van der Waals surface area contributed by atoms with Crippen LogP contribution in [-0.4, -0.2) is 64.1 Å². The van der Waals surface area contributed by atoms with Crippen molar-refractivity contribution in [3.63, 3.8) is 0 Å². The van der Waals surface area contributed by atoms with Crippen molar-refractivity contribution in [1.29, 1.82) is 0 Å². The SMILES string of the molecule is CCC(CSC)N(C)C(=O)N(CCC(=O)O)C(C)(C)C. The Balaban J connectivity index is 4.97. The van der Waals surface area contributed by atoms with E-state index in [9.17, 15) is 9.59 Å². The maximum atomic E-state index is 12.6. The smallest absolute Gasteiger partial charge is 0.320 e. The summed E-state index contributed by atoms with van der Waals surface area (Å²) in [6.07, 6.45) is 2.88. The lowest BCUT2D eigenvalue weighted by Gasteiger charge is -2.40. The summed E-state index contributed by atoms with van der Waals surface area (Å²) in [5, 5.41) is 8.83. The third-order valence-electron chi connectivity index (χ3n) is 3.27. The Morgan fingerprint density at radius 3 is 2.20 bits per heavy atom. The molecule has 0 aromatic heterocycles. The molecular formula is C14H28N2O3S. The minimum Gasteiger partial charge on any atom is -0.481 e. The summed E-state index contributed by atoms with van der Waals surface area (Å²) < 4.78 is 0. The number of hydrogen-bond acceptors (Lipinski definition) is 3. The largest absolute Gasteiger partial charge is 0.481 e. The van der Waals surface area contributed by atoms with Gasteiger partial charge in [-0.05, 0) is 33.4 Å². The van der Waals surface area contributed by atoms with E-state index in [1.807, 2.05) is 27.0 Å². The van der Waals surface area contributed by atoms with E-state index in [-0.39, 0.29) is 25.0 Å². The van der Waals surface area contributed by atoms with Gasteiger partial charge in [0.25, 0.3) is 0 Å². The molecule has 0 rings (SSSR count). The van der Waals surface area contributed by atoms with Gasteiger partial charge in [-0.15, -0.1) is 0 Å². The predicted molar refractivity (Wildman–Crippen MR) is 84.3 cm³/mol. The molecule has 0 heterocycles. The molecule has 0 aliphatic rings. The van der Waals surface area contributed by atoms with E-state index in [0.29, 0.717) is 0 Å². The van der Waals surface area contributed by atoms with Gasteiger partial charge in [-0.25, -0.2) is 4.79 Å². The number of carboxylic acids is 1. The molecule has 118 valence electrons. The maximum absolute atomic E-state index is 12.6. The lowest BCUT2D eigenvalue weighted by molar-refractivity contribution is -0.137. The summed E-state index contributed by atoms with van der Waals surface area (Å²) in [5.74, 6) is 0.00111. The topological polar surface area (TPSA) is 60.9 Å². The molecule has 0 aromatic carbocycles. The van der Waals surface area contributed by atoms with Crippen LogP contribution < -0.4 is 0 Å². The van der Waals surface area contributed by atoms with E-state index in [1.54, 1.807) is 28.6 Å². The molecule has 1 atom stereocenters. The summed E-state index contributed by atoms with van der Waals surface area (Å²) >= 11 is 1.71. The van der Waals surface area contributed by atoms with Gasteiger partial charge >= 0.3 is 12.0 Å². The van der Waals surface area contributed by atoms with E-state index >= 15 is 0 Å². The van der Waals surface area contributed by atoms with E-state index < -0.39 is 11.5 Å². The fraction of sp³-hybridized carbons (Fsp3) is 0.857. The second kappa shape index (κ2) is 8.39. The quantitative estimate of drug-likeness (QED) is 0.785. The molecule has 0 radical (unpaired) electrons. The summed E-state index contributed by atoms with van der Waals surface area (Å²) in [6, 6.07) is 0.0758. The zero-order valence-corrected chi connectivity index (χ0v) is 14.3. The van der Waals surface area contributed by atoms with Crippen LogP contribution in [0.5, 0.6) is 0 Å². The average molecular weight is 304 g/mol. The highest BCUT2D eigenvalue weighted by atomic mass is 32.2. The molecule has 0 spiro atoms. The zero-order valence-electron chi connectivity index (χ0n) is 13.5. The van der Waals surface area contributed by atoms with Gasteiger partial charge in [-0.1, -0.05) is 6.92 Å². The number of carboxylic acid groups (broad SMARTS) is 1. The van der Waals surface area contributed by atoms with Gasteiger partial charge in [0.2, 0.25) is 0 Å². The van der Waals surface area contributed by atoms with Crippen molar-refractivity contribution in [3.8, 4) is 0 Å². The van der Waals surface area contributed by atoms with E-state index in [4.69, 9.17) is 5.11 Å². The Morgan fingerprint density at radius 1 is 1.30 bits per heavy atom. The number of rotatable bonds is 7. The fourth-order valence-electron chi connectivity index (χ4n) is 1.97. The van der Waals surface area contributed by atoms with Crippen LogP contribution in [0.15, 0.2) is 0 Å².